The number of hydrogen-bond acceptors (Lipinski definition) is 3. The van der Waals surface area contributed by atoms with Crippen molar-refractivity contribution >= 4 is 27.5 Å². The number of rotatable bonds is 2. The Morgan fingerprint density at radius 2 is 2.25 bits per heavy atom. The van der Waals surface area contributed by atoms with Gasteiger partial charge in [0.2, 0.25) is 0 Å². The molecule has 2 aromatic rings. The molecule has 3 N–H and O–H groups in total. The average Bonchev–Trinajstić information content (AvgIpc) is 2.87. The van der Waals surface area contributed by atoms with E-state index < -0.39 is 0 Å². The van der Waals surface area contributed by atoms with Gasteiger partial charge in [-0.3, -0.25) is 4.79 Å². The fraction of sp³-hybridized carbons (Fsp3) is 0.267. The second-order valence-corrected chi connectivity index (χ2v) is 5.91. The number of aryl methyl sites for hydroxylation is 1. The summed E-state index contributed by atoms with van der Waals surface area (Å²) in [5, 5.41) is 3.06. The summed E-state index contributed by atoms with van der Waals surface area (Å²) in [4.78, 5) is 12.3. The normalized spacial score (nSPS) is 17.6. The molecule has 1 aromatic carbocycles. The van der Waals surface area contributed by atoms with Gasteiger partial charge in [-0.1, -0.05) is 15.9 Å². The summed E-state index contributed by atoms with van der Waals surface area (Å²) in [7, 11) is 0. The quantitative estimate of drug-likeness (QED) is 0.826. The predicted octanol–water partition coefficient (Wildman–Crippen LogP) is 3.43. The first kappa shape index (κ1) is 13.2. The topological polar surface area (TPSA) is 68.3 Å². The zero-order chi connectivity index (χ0) is 14.1. The van der Waals surface area contributed by atoms with Gasteiger partial charge in [0.15, 0.2) is 0 Å². The van der Waals surface area contributed by atoms with Crippen molar-refractivity contribution in [3.63, 3.8) is 0 Å². The second-order valence-electron chi connectivity index (χ2n) is 4.99. The molecule has 5 heteroatoms. The van der Waals surface area contributed by atoms with Gasteiger partial charge in [0.1, 0.15) is 5.76 Å². The molecule has 4 nitrogen and oxygen atoms in total. The molecule has 20 heavy (non-hydrogen) atoms. The van der Waals surface area contributed by atoms with Crippen molar-refractivity contribution in [1.82, 2.24) is 5.32 Å². The van der Waals surface area contributed by atoms with Crippen molar-refractivity contribution in [2.75, 3.05) is 5.73 Å². The van der Waals surface area contributed by atoms with Crippen molar-refractivity contribution < 1.29 is 9.21 Å². The number of halogens is 1. The van der Waals surface area contributed by atoms with E-state index in [4.69, 9.17) is 10.2 Å². The number of nitrogens with two attached hydrogens (primary N) is 1. The van der Waals surface area contributed by atoms with Gasteiger partial charge in [0.25, 0.3) is 5.91 Å². The molecule has 1 aliphatic carbocycles. The molecular formula is C15H15BrN2O2. The summed E-state index contributed by atoms with van der Waals surface area (Å²) in [6, 6.07) is 7.18. The van der Waals surface area contributed by atoms with Gasteiger partial charge in [-0.15, -0.1) is 0 Å². The number of amides is 1. The van der Waals surface area contributed by atoms with E-state index in [0.29, 0.717) is 11.3 Å². The number of anilines is 1. The Balaban J connectivity index is 1.80. The van der Waals surface area contributed by atoms with E-state index in [1.165, 1.54) is 0 Å². The highest BCUT2D eigenvalue weighted by Gasteiger charge is 2.24. The molecule has 104 valence electrons. The highest BCUT2D eigenvalue weighted by Crippen LogP contribution is 2.30. The number of carbonyl (C=O) groups is 1. The number of carbonyl (C=O) groups excluding carboxylic acids is 1. The zero-order valence-electron chi connectivity index (χ0n) is 10.9. The molecule has 0 spiro atoms. The molecule has 1 unspecified atom stereocenters. The van der Waals surface area contributed by atoms with Crippen LogP contribution in [0.2, 0.25) is 0 Å². The van der Waals surface area contributed by atoms with Crippen molar-refractivity contribution in [2.24, 2.45) is 0 Å². The average molecular weight is 335 g/mol. The molecule has 1 amide bonds. The Hall–Kier alpha value is -1.75. The van der Waals surface area contributed by atoms with Gasteiger partial charge in [0, 0.05) is 27.7 Å². The minimum absolute atomic E-state index is 0.0187. The SMILES string of the molecule is Nc1cc(Br)cc(C(=O)NC2CCCc3occc32)c1. The van der Waals surface area contributed by atoms with Gasteiger partial charge >= 0.3 is 0 Å². The number of fused-ring (bicyclic) bond motifs is 1. The summed E-state index contributed by atoms with van der Waals surface area (Å²) in [6.07, 6.45) is 4.58. The van der Waals surface area contributed by atoms with Crippen LogP contribution in [0, 0.1) is 0 Å². The summed E-state index contributed by atoms with van der Waals surface area (Å²) in [5.74, 6) is 0.868. The standard InChI is InChI=1S/C15H15BrN2O2/c16-10-6-9(7-11(17)8-10)15(19)18-13-2-1-3-14-12(13)4-5-20-14/h4-8,13H,1-3,17H2,(H,18,19). The van der Waals surface area contributed by atoms with Gasteiger partial charge in [0.05, 0.1) is 12.3 Å². The largest absolute Gasteiger partial charge is 0.469 e. The van der Waals surface area contributed by atoms with Crippen LogP contribution in [-0.2, 0) is 6.42 Å². The minimum atomic E-state index is -0.114. The van der Waals surface area contributed by atoms with Crippen LogP contribution < -0.4 is 11.1 Å². The van der Waals surface area contributed by atoms with E-state index in [2.05, 4.69) is 21.2 Å². The molecule has 0 radical (unpaired) electrons. The lowest BCUT2D eigenvalue weighted by atomic mass is 9.93. The van der Waals surface area contributed by atoms with Crippen molar-refractivity contribution in [1.29, 1.82) is 0 Å². The Morgan fingerprint density at radius 3 is 3.05 bits per heavy atom. The van der Waals surface area contributed by atoms with Crippen molar-refractivity contribution in [3.05, 3.63) is 51.9 Å². The van der Waals surface area contributed by atoms with E-state index in [1.807, 2.05) is 6.07 Å². The van der Waals surface area contributed by atoms with E-state index in [0.717, 1.165) is 35.1 Å². The summed E-state index contributed by atoms with van der Waals surface area (Å²) in [6.45, 7) is 0. The number of benzene rings is 1. The number of furan rings is 1. The Labute approximate surface area is 125 Å². The van der Waals surface area contributed by atoms with Crippen LogP contribution in [0.3, 0.4) is 0 Å². The Morgan fingerprint density at radius 1 is 1.40 bits per heavy atom. The fourth-order valence-electron chi connectivity index (χ4n) is 2.62. The highest BCUT2D eigenvalue weighted by molar-refractivity contribution is 9.10. The monoisotopic (exact) mass is 334 g/mol. The van der Waals surface area contributed by atoms with Crippen LogP contribution in [0.15, 0.2) is 39.4 Å². The first-order chi connectivity index (χ1) is 9.63. The van der Waals surface area contributed by atoms with Gasteiger partial charge < -0.3 is 15.5 Å². The maximum absolute atomic E-state index is 12.3. The third kappa shape index (κ3) is 2.58. The third-order valence-corrected chi connectivity index (χ3v) is 4.00. The predicted molar refractivity (Wildman–Crippen MR) is 80.4 cm³/mol. The fourth-order valence-corrected chi connectivity index (χ4v) is 3.13. The maximum atomic E-state index is 12.3. The molecule has 1 heterocycles. The minimum Gasteiger partial charge on any atom is -0.469 e. The van der Waals surface area contributed by atoms with Crippen LogP contribution >= 0.6 is 15.9 Å². The number of nitrogen functional groups attached to an aromatic ring is 1. The lowest BCUT2D eigenvalue weighted by Crippen LogP contribution is -2.30. The van der Waals surface area contributed by atoms with E-state index in [-0.39, 0.29) is 11.9 Å². The molecule has 3 rings (SSSR count). The Kier molecular flexibility index (Phi) is 3.53. The molecule has 0 saturated carbocycles. The smallest absolute Gasteiger partial charge is 0.251 e. The van der Waals surface area contributed by atoms with Crippen LogP contribution in [0.5, 0.6) is 0 Å². The molecule has 0 aliphatic heterocycles. The molecular weight excluding hydrogens is 320 g/mol. The third-order valence-electron chi connectivity index (χ3n) is 3.54. The summed E-state index contributed by atoms with van der Waals surface area (Å²) in [5.41, 5.74) is 7.99. The van der Waals surface area contributed by atoms with Crippen LogP contribution in [0.25, 0.3) is 0 Å². The lowest BCUT2D eigenvalue weighted by Gasteiger charge is -2.22. The maximum Gasteiger partial charge on any atom is 0.251 e. The summed E-state index contributed by atoms with van der Waals surface area (Å²) >= 11 is 3.35. The molecule has 0 fully saturated rings. The van der Waals surface area contributed by atoms with E-state index >= 15 is 0 Å². The summed E-state index contributed by atoms with van der Waals surface area (Å²) < 4.78 is 6.23. The van der Waals surface area contributed by atoms with Crippen molar-refractivity contribution in [3.8, 4) is 0 Å². The van der Waals surface area contributed by atoms with Crippen LogP contribution in [-0.4, -0.2) is 5.91 Å². The van der Waals surface area contributed by atoms with Crippen LogP contribution in [0.1, 0.15) is 40.6 Å². The van der Waals surface area contributed by atoms with E-state index in [1.54, 1.807) is 24.5 Å². The molecule has 1 atom stereocenters. The Bertz CT molecular complexity index is 631. The first-order valence-electron chi connectivity index (χ1n) is 6.56. The first-order valence-corrected chi connectivity index (χ1v) is 7.36. The molecule has 1 aliphatic rings. The molecule has 0 bridgehead atoms. The zero-order valence-corrected chi connectivity index (χ0v) is 12.4. The van der Waals surface area contributed by atoms with Gasteiger partial charge in [-0.05, 0) is 37.1 Å². The number of nitrogens with one attached hydrogen (secondary N) is 1. The van der Waals surface area contributed by atoms with Gasteiger partial charge in [-0.2, -0.15) is 0 Å². The number of hydrogen-bond donors (Lipinski definition) is 2. The second kappa shape index (κ2) is 5.32. The molecule has 0 saturated heterocycles. The van der Waals surface area contributed by atoms with Crippen molar-refractivity contribution in [2.45, 2.75) is 25.3 Å². The molecule has 1 aromatic heterocycles. The lowest BCUT2D eigenvalue weighted by molar-refractivity contribution is 0.0932. The van der Waals surface area contributed by atoms with E-state index in [9.17, 15) is 4.79 Å². The highest BCUT2D eigenvalue weighted by atomic mass is 79.9. The van der Waals surface area contributed by atoms with Crippen LogP contribution in [0.4, 0.5) is 5.69 Å². The van der Waals surface area contributed by atoms with Gasteiger partial charge in [-0.25, -0.2) is 0 Å².